The molecule has 5 nitrogen and oxygen atoms in total. The first-order valence-corrected chi connectivity index (χ1v) is 12.2. The Morgan fingerprint density at radius 1 is 0.889 bits per heavy atom. The highest BCUT2D eigenvalue weighted by molar-refractivity contribution is 5.94. The molecule has 1 heterocycles. The molecule has 0 bridgehead atoms. The summed E-state index contributed by atoms with van der Waals surface area (Å²) in [5.74, 6) is 1.48. The minimum atomic E-state index is -0.236. The highest BCUT2D eigenvalue weighted by Gasteiger charge is 2.11. The van der Waals surface area contributed by atoms with Crippen LogP contribution in [0.2, 0.25) is 0 Å². The van der Waals surface area contributed by atoms with E-state index < -0.39 is 0 Å². The van der Waals surface area contributed by atoms with E-state index in [1.807, 2.05) is 60.7 Å². The lowest BCUT2D eigenvalue weighted by molar-refractivity contribution is -0.118. The Balaban J connectivity index is 1.22. The van der Waals surface area contributed by atoms with E-state index in [9.17, 15) is 4.79 Å². The number of oxazole rings is 1. The van der Waals surface area contributed by atoms with Gasteiger partial charge in [0.15, 0.2) is 12.2 Å². The number of anilines is 1. The lowest BCUT2D eigenvalue weighted by Gasteiger charge is -2.11. The van der Waals surface area contributed by atoms with Gasteiger partial charge in [-0.1, -0.05) is 68.4 Å². The molecular formula is C31H28N2O3. The average Bonchev–Trinajstić information content (AvgIpc) is 3.36. The van der Waals surface area contributed by atoms with Crippen molar-refractivity contribution >= 4 is 22.7 Å². The molecule has 0 unspecified atom stereocenters. The van der Waals surface area contributed by atoms with Gasteiger partial charge in [0, 0.05) is 11.3 Å². The first-order valence-electron chi connectivity index (χ1n) is 12.2. The van der Waals surface area contributed by atoms with E-state index in [4.69, 9.17) is 9.15 Å². The number of benzene rings is 4. The average molecular weight is 477 g/mol. The normalized spacial score (nSPS) is 11.8. The molecule has 36 heavy (non-hydrogen) atoms. The summed E-state index contributed by atoms with van der Waals surface area (Å²) in [6, 6.07) is 31.7. The molecule has 0 fully saturated rings. The van der Waals surface area contributed by atoms with Crippen LogP contribution in [-0.2, 0) is 4.79 Å². The van der Waals surface area contributed by atoms with Gasteiger partial charge in [0.2, 0.25) is 5.89 Å². The Bertz CT molecular complexity index is 1460. The second-order valence-electron chi connectivity index (χ2n) is 8.86. The number of hydrogen-bond donors (Lipinski definition) is 1. The van der Waals surface area contributed by atoms with E-state index in [-0.39, 0.29) is 12.5 Å². The molecule has 0 saturated carbocycles. The Kier molecular flexibility index (Phi) is 6.80. The maximum atomic E-state index is 12.4. The van der Waals surface area contributed by atoms with Gasteiger partial charge in [0.1, 0.15) is 11.3 Å². The van der Waals surface area contributed by atoms with Gasteiger partial charge in [-0.25, -0.2) is 4.98 Å². The van der Waals surface area contributed by atoms with Gasteiger partial charge < -0.3 is 14.5 Å². The molecule has 0 aliphatic heterocycles. The Labute approximate surface area is 210 Å². The third kappa shape index (κ3) is 5.31. The zero-order valence-electron chi connectivity index (χ0n) is 20.4. The van der Waals surface area contributed by atoms with Gasteiger partial charge in [0.05, 0.1) is 0 Å². The molecule has 0 aliphatic rings. The van der Waals surface area contributed by atoms with Crippen molar-refractivity contribution in [1.29, 1.82) is 0 Å². The third-order valence-electron chi connectivity index (χ3n) is 6.34. The van der Waals surface area contributed by atoms with Crippen molar-refractivity contribution < 1.29 is 13.9 Å². The van der Waals surface area contributed by atoms with Crippen molar-refractivity contribution in [3.63, 3.8) is 0 Å². The lowest BCUT2D eigenvalue weighted by Crippen LogP contribution is -2.20. The molecule has 0 aliphatic carbocycles. The number of amides is 1. The Morgan fingerprint density at radius 3 is 2.31 bits per heavy atom. The molecule has 0 spiro atoms. The molecule has 5 heteroatoms. The van der Waals surface area contributed by atoms with E-state index >= 15 is 0 Å². The number of aromatic nitrogens is 1. The zero-order valence-corrected chi connectivity index (χ0v) is 20.4. The van der Waals surface area contributed by atoms with Gasteiger partial charge in [-0.2, -0.15) is 0 Å². The maximum absolute atomic E-state index is 12.4. The predicted octanol–water partition coefficient (Wildman–Crippen LogP) is 7.69. The number of ether oxygens (including phenoxy) is 1. The van der Waals surface area contributed by atoms with E-state index in [1.54, 1.807) is 12.1 Å². The number of fused-ring (bicyclic) bond motifs is 1. The molecule has 1 amide bonds. The van der Waals surface area contributed by atoms with Gasteiger partial charge >= 0.3 is 0 Å². The van der Waals surface area contributed by atoms with Crippen LogP contribution in [0.5, 0.6) is 5.75 Å². The van der Waals surface area contributed by atoms with Crippen LogP contribution in [0.15, 0.2) is 101 Å². The number of carbonyl (C=O) groups excluding carboxylic acids is 1. The van der Waals surface area contributed by atoms with Crippen molar-refractivity contribution in [1.82, 2.24) is 4.98 Å². The SMILES string of the molecule is CC[C@H](C)c1ccc(OCC(=O)Nc2ccc3oc(-c4ccc(-c5ccccc5)cc4)nc3c2)cc1. The summed E-state index contributed by atoms with van der Waals surface area (Å²) >= 11 is 0. The summed E-state index contributed by atoms with van der Waals surface area (Å²) in [6.45, 7) is 4.29. The minimum Gasteiger partial charge on any atom is -0.484 e. The van der Waals surface area contributed by atoms with E-state index in [0.29, 0.717) is 34.3 Å². The van der Waals surface area contributed by atoms with Crippen LogP contribution in [0, 0.1) is 0 Å². The number of rotatable bonds is 8. The molecule has 0 radical (unpaired) electrons. The minimum absolute atomic E-state index is 0.0709. The van der Waals surface area contributed by atoms with Crippen molar-refractivity contribution in [3.8, 4) is 28.3 Å². The summed E-state index contributed by atoms with van der Waals surface area (Å²) in [6.07, 6.45) is 1.08. The van der Waals surface area contributed by atoms with E-state index in [0.717, 1.165) is 23.1 Å². The van der Waals surface area contributed by atoms with Crippen LogP contribution in [-0.4, -0.2) is 17.5 Å². The summed E-state index contributed by atoms with van der Waals surface area (Å²) in [5, 5.41) is 2.87. The maximum Gasteiger partial charge on any atom is 0.262 e. The van der Waals surface area contributed by atoms with Crippen LogP contribution >= 0.6 is 0 Å². The summed E-state index contributed by atoms with van der Waals surface area (Å²) < 4.78 is 11.6. The number of hydrogen-bond acceptors (Lipinski definition) is 4. The van der Waals surface area contributed by atoms with Crippen LogP contribution in [0.1, 0.15) is 31.7 Å². The summed E-state index contributed by atoms with van der Waals surface area (Å²) in [7, 11) is 0. The largest absolute Gasteiger partial charge is 0.484 e. The topological polar surface area (TPSA) is 64.4 Å². The molecule has 4 aromatic carbocycles. The summed E-state index contributed by atoms with van der Waals surface area (Å²) in [4.78, 5) is 17.1. The molecule has 5 aromatic rings. The quantitative estimate of drug-likeness (QED) is 0.249. The van der Waals surface area contributed by atoms with Gasteiger partial charge in [-0.05, 0) is 71.5 Å². The van der Waals surface area contributed by atoms with E-state index in [2.05, 4.69) is 48.4 Å². The van der Waals surface area contributed by atoms with Crippen LogP contribution in [0.3, 0.4) is 0 Å². The fourth-order valence-corrected chi connectivity index (χ4v) is 4.04. The number of nitrogens with zero attached hydrogens (tertiary/aromatic N) is 1. The van der Waals surface area contributed by atoms with Crippen molar-refractivity contribution in [2.24, 2.45) is 0 Å². The molecule has 1 N–H and O–H groups in total. The molecule has 1 atom stereocenters. The van der Waals surface area contributed by atoms with Gasteiger partial charge in [-0.15, -0.1) is 0 Å². The van der Waals surface area contributed by atoms with Crippen LogP contribution in [0.4, 0.5) is 5.69 Å². The lowest BCUT2D eigenvalue weighted by atomic mass is 9.99. The van der Waals surface area contributed by atoms with Gasteiger partial charge in [0.25, 0.3) is 5.91 Å². The number of carbonyl (C=O) groups is 1. The van der Waals surface area contributed by atoms with Crippen molar-refractivity contribution in [2.45, 2.75) is 26.2 Å². The molecule has 0 saturated heterocycles. The molecular weight excluding hydrogens is 448 g/mol. The second kappa shape index (κ2) is 10.5. The highest BCUT2D eigenvalue weighted by Crippen LogP contribution is 2.28. The van der Waals surface area contributed by atoms with Gasteiger partial charge in [-0.3, -0.25) is 4.79 Å². The predicted molar refractivity (Wildman–Crippen MR) is 144 cm³/mol. The standard InChI is InChI=1S/C31H28N2O3/c1-3-21(2)22-13-16-27(17-14-22)35-20-30(34)32-26-15-18-29-28(19-26)33-31(36-29)25-11-9-24(10-12-25)23-7-5-4-6-8-23/h4-19,21H,3,20H2,1-2H3,(H,32,34)/t21-/m0/s1. The first kappa shape index (κ1) is 23.4. The third-order valence-corrected chi connectivity index (χ3v) is 6.34. The Morgan fingerprint density at radius 2 is 1.58 bits per heavy atom. The fourth-order valence-electron chi connectivity index (χ4n) is 4.04. The summed E-state index contributed by atoms with van der Waals surface area (Å²) in [5.41, 5.74) is 6.43. The Hall–Kier alpha value is -4.38. The second-order valence-corrected chi connectivity index (χ2v) is 8.86. The van der Waals surface area contributed by atoms with Crippen LogP contribution < -0.4 is 10.1 Å². The fraction of sp³-hybridized carbons (Fsp3) is 0.161. The molecule has 5 rings (SSSR count). The van der Waals surface area contributed by atoms with Crippen molar-refractivity contribution in [3.05, 3.63) is 103 Å². The van der Waals surface area contributed by atoms with E-state index in [1.165, 1.54) is 5.56 Å². The smallest absolute Gasteiger partial charge is 0.262 e. The monoisotopic (exact) mass is 476 g/mol. The first-order chi connectivity index (χ1) is 17.6. The zero-order chi connectivity index (χ0) is 24.9. The number of nitrogens with one attached hydrogen (secondary N) is 1. The van der Waals surface area contributed by atoms with Crippen molar-refractivity contribution in [2.75, 3.05) is 11.9 Å². The van der Waals surface area contributed by atoms with Crippen LogP contribution in [0.25, 0.3) is 33.7 Å². The molecule has 1 aromatic heterocycles. The molecule has 180 valence electrons. The highest BCUT2D eigenvalue weighted by atomic mass is 16.5.